The summed E-state index contributed by atoms with van der Waals surface area (Å²) in [6.07, 6.45) is 1.40. The van der Waals surface area contributed by atoms with Gasteiger partial charge in [0.1, 0.15) is 4.90 Å². The Hall–Kier alpha value is -2.32. The second-order valence-corrected chi connectivity index (χ2v) is 10.7. The number of nitrogens with one attached hydrogen (secondary N) is 1. The van der Waals surface area contributed by atoms with Gasteiger partial charge in [-0.1, -0.05) is 42.0 Å². The first-order valence-electron chi connectivity index (χ1n) is 10.5. The number of sulfonamides is 1. The third-order valence-corrected chi connectivity index (χ3v) is 8.07. The first-order valence-corrected chi connectivity index (χ1v) is 13.1. The molecule has 1 fully saturated rings. The number of hydrogen-bond donors (Lipinski definition) is 1. The smallest absolute Gasteiger partial charge is 0.285 e. The lowest BCUT2D eigenvalue weighted by atomic mass is 9.95. The van der Waals surface area contributed by atoms with Gasteiger partial charge in [-0.3, -0.25) is 4.79 Å². The van der Waals surface area contributed by atoms with Gasteiger partial charge in [-0.05, 0) is 37.5 Å². The highest BCUT2D eigenvalue weighted by atomic mass is 32.2. The molecule has 2 aromatic rings. The fraction of sp³-hybridized carbons (Fsp3) is 0.391. The second-order valence-electron chi connectivity index (χ2n) is 7.98. The number of carbonyl (C=O) groups is 1. The van der Waals surface area contributed by atoms with Gasteiger partial charge in [-0.2, -0.15) is 20.2 Å². The maximum Gasteiger partial charge on any atom is 0.285 e. The minimum absolute atomic E-state index is 0.0350. The summed E-state index contributed by atoms with van der Waals surface area (Å²) in [6.45, 7) is 4.00. The van der Waals surface area contributed by atoms with Gasteiger partial charge in [0.25, 0.3) is 10.0 Å². The molecule has 0 aromatic heterocycles. The van der Waals surface area contributed by atoms with E-state index in [4.69, 9.17) is 0 Å². The van der Waals surface area contributed by atoms with E-state index in [1.165, 1.54) is 11.1 Å². The van der Waals surface area contributed by atoms with Crippen molar-refractivity contribution in [2.24, 2.45) is 10.3 Å². The Bertz CT molecular complexity index is 1070. The number of aryl methyl sites for hydroxylation is 1. The zero-order valence-electron chi connectivity index (χ0n) is 17.6. The largest absolute Gasteiger partial charge is 0.355 e. The average molecular weight is 458 g/mol. The van der Waals surface area contributed by atoms with Crippen LogP contribution in [0.3, 0.4) is 0 Å². The second kappa shape index (κ2) is 9.44. The van der Waals surface area contributed by atoms with Crippen molar-refractivity contribution >= 4 is 33.5 Å². The van der Waals surface area contributed by atoms with Gasteiger partial charge in [0.15, 0.2) is 5.84 Å². The maximum absolute atomic E-state index is 12.5. The molecule has 0 bridgehead atoms. The molecule has 0 unspecified atom stereocenters. The summed E-state index contributed by atoms with van der Waals surface area (Å²) in [6, 6.07) is 15.5. The molecule has 1 amide bonds. The highest BCUT2D eigenvalue weighted by Crippen LogP contribution is 2.29. The number of fused-ring (bicyclic) bond motifs is 1. The van der Waals surface area contributed by atoms with Crippen LogP contribution in [0.15, 0.2) is 57.8 Å². The van der Waals surface area contributed by atoms with Gasteiger partial charge in [0, 0.05) is 42.6 Å². The molecule has 1 N–H and O–H groups in total. The number of hydrogen-bond acceptors (Lipinski definition) is 5. The number of likely N-dealkylation sites (tertiary alicyclic amines) is 1. The van der Waals surface area contributed by atoms with Crippen LogP contribution in [0.5, 0.6) is 0 Å². The van der Waals surface area contributed by atoms with Crippen LogP contribution in [0.4, 0.5) is 0 Å². The molecular formula is C23H27N3O3S2. The Morgan fingerprint density at radius 3 is 2.58 bits per heavy atom. The van der Waals surface area contributed by atoms with Gasteiger partial charge in [-0.25, -0.2) is 0 Å². The van der Waals surface area contributed by atoms with Crippen LogP contribution in [0.1, 0.15) is 29.5 Å². The maximum atomic E-state index is 12.5. The lowest BCUT2D eigenvalue weighted by Gasteiger charge is -2.32. The normalized spacial score (nSPS) is 17.8. The average Bonchev–Trinajstić information content (AvgIpc) is 3.06. The first-order chi connectivity index (χ1) is 14.9. The fourth-order valence-corrected chi connectivity index (χ4v) is 5.98. The van der Waals surface area contributed by atoms with Crippen molar-refractivity contribution in [1.82, 2.24) is 10.2 Å². The zero-order chi connectivity index (χ0) is 21.8. The van der Waals surface area contributed by atoms with Crippen LogP contribution in [0.2, 0.25) is 0 Å². The molecule has 8 heteroatoms. The molecule has 2 aliphatic rings. The summed E-state index contributed by atoms with van der Waals surface area (Å²) in [4.78, 5) is 14.8. The summed E-state index contributed by atoms with van der Waals surface area (Å²) >= 11 is 1.82. The monoisotopic (exact) mass is 457 g/mol. The Morgan fingerprint density at radius 2 is 1.84 bits per heavy atom. The number of piperidine rings is 1. The predicted molar refractivity (Wildman–Crippen MR) is 125 cm³/mol. The number of benzene rings is 2. The van der Waals surface area contributed by atoms with Crippen LogP contribution in [-0.2, 0) is 20.6 Å². The van der Waals surface area contributed by atoms with Crippen LogP contribution in [0, 0.1) is 12.8 Å². The number of carbonyl (C=O) groups excluding carboxylic acids is 1. The predicted octanol–water partition coefficient (Wildman–Crippen LogP) is 3.21. The molecule has 31 heavy (non-hydrogen) atoms. The molecular weight excluding hydrogens is 430 g/mol. The van der Waals surface area contributed by atoms with E-state index < -0.39 is 10.0 Å². The number of amidine groups is 1. The highest BCUT2D eigenvalue weighted by molar-refractivity contribution is 7.98. The molecule has 1 saturated heterocycles. The minimum Gasteiger partial charge on any atom is -0.355 e. The van der Waals surface area contributed by atoms with Crippen molar-refractivity contribution in [2.45, 2.75) is 30.4 Å². The van der Waals surface area contributed by atoms with Crippen molar-refractivity contribution in [2.75, 3.05) is 25.4 Å². The SMILES string of the molecule is Cc1ccc(CSCCNC(=O)C2CCN(C3=NS(=O)(=O)c4ccccc43)CC2)cc1. The van der Waals surface area contributed by atoms with Crippen molar-refractivity contribution in [3.8, 4) is 0 Å². The Labute approximate surface area is 188 Å². The third-order valence-electron chi connectivity index (χ3n) is 5.71. The molecule has 2 aromatic carbocycles. The van der Waals surface area contributed by atoms with E-state index >= 15 is 0 Å². The lowest BCUT2D eigenvalue weighted by molar-refractivity contribution is -0.126. The number of amides is 1. The molecule has 0 spiro atoms. The van der Waals surface area contributed by atoms with E-state index in [0.29, 0.717) is 43.9 Å². The number of nitrogens with zero attached hydrogens (tertiary/aromatic N) is 2. The van der Waals surface area contributed by atoms with Gasteiger partial charge in [0.05, 0.1) is 0 Å². The van der Waals surface area contributed by atoms with Crippen LogP contribution in [0.25, 0.3) is 0 Å². The summed E-state index contributed by atoms with van der Waals surface area (Å²) in [5.41, 5.74) is 3.22. The molecule has 0 saturated carbocycles. The van der Waals surface area contributed by atoms with E-state index in [2.05, 4.69) is 40.9 Å². The Balaban J connectivity index is 1.21. The molecule has 164 valence electrons. The van der Waals surface area contributed by atoms with Crippen LogP contribution >= 0.6 is 11.8 Å². The lowest BCUT2D eigenvalue weighted by Crippen LogP contribution is -2.43. The molecule has 0 aliphatic carbocycles. The van der Waals surface area contributed by atoms with E-state index in [1.54, 1.807) is 18.2 Å². The van der Waals surface area contributed by atoms with Crippen LogP contribution in [-0.4, -0.2) is 50.4 Å². The molecule has 0 atom stereocenters. The van der Waals surface area contributed by atoms with Crippen molar-refractivity contribution in [3.63, 3.8) is 0 Å². The number of rotatable bonds is 6. The van der Waals surface area contributed by atoms with Gasteiger partial charge >= 0.3 is 0 Å². The van der Waals surface area contributed by atoms with Gasteiger partial charge in [-0.15, -0.1) is 4.40 Å². The van der Waals surface area contributed by atoms with E-state index in [-0.39, 0.29) is 16.7 Å². The summed E-state index contributed by atoms with van der Waals surface area (Å²) in [5, 5.41) is 3.06. The molecule has 2 heterocycles. The van der Waals surface area contributed by atoms with Crippen LogP contribution < -0.4 is 5.32 Å². The molecule has 4 rings (SSSR count). The first kappa shape index (κ1) is 21.9. The fourth-order valence-electron chi connectivity index (χ4n) is 3.94. The topological polar surface area (TPSA) is 78.8 Å². The van der Waals surface area contributed by atoms with E-state index in [9.17, 15) is 13.2 Å². The Morgan fingerprint density at radius 1 is 1.13 bits per heavy atom. The summed E-state index contributed by atoms with van der Waals surface area (Å²) < 4.78 is 28.5. The summed E-state index contributed by atoms with van der Waals surface area (Å²) in [5.74, 6) is 2.40. The van der Waals surface area contributed by atoms with Crippen molar-refractivity contribution in [1.29, 1.82) is 0 Å². The molecule has 0 radical (unpaired) electrons. The molecule has 6 nitrogen and oxygen atoms in total. The highest BCUT2D eigenvalue weighted by Gasteiger charge is 2.34. The number of thioether (sulfide) groups is 1. The van der Waals surface area contributed by atoms with Gasteiger partial charge in [0.2, 0.25) is 5.91 Å². The standard InChI is InChI=1S/C23H27N3O3S2/c1-17-6-8-18(9-7-17)16-30-15-12-24-23(27)19-10-13-26(14-11-19)22-20-4-2-3-5-21(20)31(28,29)25-22/h2-9,19H,10-16H2,1H3,(H,24,27). The van der Waals surface area contributed by atoms with E-state index in [0.717, 1.165) is 11.5 Å². The van der Waals surface area contributed by atoms with E-state index in [1.807, 2.05) is 22.7 Å². The molecule has 2 aliphatic heterocycles. The third kappa shape index (κ3) is 5.13. The van der Waals surface area contributed by atoms with Crippen molar-refractivity contribution < 1.29 is 13.2 Å². The Kier molecular flexibility index (Phi) is 6.67. The summed E-state index contributed by atoms with van der Waals surface area (Å²) in [7, 11) is -3.61. The zero-order valence-corrected chi connectivity index (χ0v) is 19.2. The van der Waals surface area contributed by atoms with Gasteiger partial charge < -0.3 is 10.2 Å². The van der Waals surface area contributed by atoms with Crippen molar-refractivity contribution in [3.05, 3.63) is 65.2 Å². The quantitative estimate of drug-likeness (QED) is 0.674. The minimum atomic E-state index is -3.61.